The number of halogens is 1. The molecule has 0 amide bonds. The Labute approximate surface area is 107 Å². The molecule has 1 nitrogen and oxygen atoms in total. The first-order valence-electron chi connectivity index (χ1n) is 5.53. The van der Waals surface area contributed by atoms with Gasteiger partial charge in [0.05, 0.1) is 5.36 Å². The maximum Gasteiger partial charge on any atom is 0.107 e. The van der Waals surface area contributed by atoms with E-state index in [0.29, 0.717) is 0 Å². The third kappa shape index (κ3) is 1.22. The Balaban J connectivity index is 2.16. The fourth-order valence-corrected chi connectivity index (χ4v) is 2.96. The number of rotatable bonds is 0. The second-order valence-electron chi connectivity index (χ2n) is 4.28. The highest BCUT2D eigenvalue weighted by Crippen LogP contribution is 2.26. The molecule has 0 spiro atoms. The fourth-order valence-electron chi connectivity index (χ4n) is 2.54. The Kier molecular flexibility index (Phi) is 1.75. The fraction of sp³-hybridized carbons (Fsp3) is 0. The number of fused-ring (bicyclic) bond motifs is 5. The van der Waals surface area contributed by atoms with Crippen molar-refractivity contribution in [2.75, 3.05) is 0 Å². The van der Waals surface area contributed by atoms with Gasteiger partial charge in [-0.2, -0.15) is 0 Å². The lowest BCUT2D eigenvalue weighted by atomic mass is 10.0. The van der Waals surface area contributed by atoms with Crippen LogP contribution in [0.3, 0.4) is 0 Å². The minimum atomic E-state index is 0.908. The lowest BCUT2D eigenvalue weighted by molar-refractivity contribution is 1.34. The third-order valence-corrected chi connectivity index (χ3v) is 3.70. The van der Waals surface area contributed by atoms with E-state index in [1.165, 1.54) is 27.5 Å². The molecule has 0 N–H and O–H groups in total. The average molecular weight is 282 g/mol. The molecule has 0 atom stereocenters. The van der Waals surface area contributed by atoms with Crippen LogP contribution in [0.5, 0.6) is 0 Å². The highest BCUT2D eigenvalue weighted by atomic mass is 79.9. The minimum absolute atomic E-state index is 0.908. The molecule has 0 bridgehead atoms. The second kappa shape index (κ2) is 3.17. The molecular formula is C15H8BrN. The Bertz CT molecular complexity index is 800. The molecule has 1 aliphatic carbocycles. The third-order valence-electron chi connectivity index (χ3n) is 3.29. The predicted molar refractivity (Wildman–Crippen MR) is 73.1 cm³/mol. The van der Waals surface area contributed by atoms with Crippen molar-refractivity contribution in [2.45, 2.75) is 0 Å². The molecule has 0 saturated carbocycles. The Hall–Kier alpha value is -1.67. The largest absolute Gasteiger partial charge is 0.240 e. The van der Waals surface area contributed by atoms with Crippen molar-refractivity contribution in [3.63, 3.8) is 0 Å². The average Bonchev–Trinajstić information content (AvgIpc) is 2.87. The summed E-state index contributed by atoms with van der Waals surface area (Å²) in [7, 11) is 0. The highest BCUT2D eigenvalue weighted by molar-refractivity contribution is 9.11. The van der Waals surface area contributed by atoms with Crippen molar-refractivity contribution in [1.82, 2.24) is 0 Å². The monoisotopic (exact) mass is 281 g/mol. The van der Waals surface area contributed by atoms with Crippen LogP contribution in [-0.2, 0) is 0 Å². The summed E-state index contributed by atoms with van der Waals surface area (Å²) in [6.45, 7) is 0. The van der Waals surface area contributed by atoms with Gasteiger partial charge in [0.1, 0.15) is 4.61 Å². The van der Waals surface area contributed by atoms with Gasteiger partial charge in [-0.15, -0.1) is 0 Å². The molecule has 1 aliphatic heterocycles. The van der Waals surface area contributed by atoms with Gasteiger partial charge in [0.2, 0.25) is 0 Å². The van der Waals surface area contributed by atoms with Gasteiger partial charge in [0, 0.05) is 10.8 Å². The van der Waals surface area contributed by atoms with E-state index in [1.54, 1.807) is 0 Å². The van der Waals surface area contributed by atoms with E-state index in [0.717, 1.165) is 9.96 Å². The summed E-state index contributed by atoms with van der Waals surface area (Å²) in [6.07, 6.45) is 4.29. The zero-order chi connectivity index (χ0) is 11.4. The molecule has 4 rings (SSSR count). The minimum Gasteiger partial charge on any atom is -0.240 e. The van der Waals surface area contributed by atoms with E-state index in [2.05, 4.69) is 69.5 Å². The van der Waals surface area contributed by atoms with Crippen LogP contribution in [0, 0.1) is 0 Å². The molecule has 0 fully saturated rings. The van der Waals surface area contributed by atoms with Crippen molar-refractivity contribution in [3.8, 4) is 11.1 Å². The van der Waals surface area contributed by atoms with Crippen LogP contribution >= 0.6 is 15.9 Å². The van der Waals surface area contributed by atoms with Crippen LogP contribution in [0.2, 0.25) is 0 Å². The van der Waals surface area contributed by atoms with Gasteiger partial charge in [-0.3, -0.25) is 0 Å². The summed E-state index contributed by atoms with van der Waals surface area (Å²) in [5, 5.41) is 2.33. The van der Waals surface area contributed by atoms with E-state index >= 15 is 0 Å². The molecule has 0 radical (unpaired) electrons. The number of nitrogens with zero attached hydrogens (tertiary/aromatic N) is 1. The van der Waals surface area contributed by atoms with Crippen LogP contribution in [0.1, 0.15) is 11.1 Å². The van der Waals surface area contributed by atoms with Gasteiger partial charge < -0.3 is 0 Å². The van der Waals surface area contributed by atoms with Crippen molar-refractivity contribution in [3.05, 3.63) is 62.7 Å². The number of hydrogen-bond donors (Lipinski definition) is 0. The summed E-state index contributed by atoms with van der Waals surface area (Å²) in [5.41, 5.74) is 5.08. The van der Waals surface area contributed by atoms with E-state index in [4.69, 9.17) is 0 Å². The standard InChI is InChI=1S/C15H8BrN/c16-14-8-10-5-6-12-11-4-2-1-3-9(11)7-13(12)15(10)17-14/h1-8H. The Morgan fingerprint density at radius 3 is 2.65 bits per heavy atom. The second-order valence-corrected chi connectivity index (χ2v) is 5.09. The van der Waals surface area contributed by atoms with Crippen molar-refractivity contribution >= 4 is 28.1 Å². The smallest absolute Gasteiger partial charge is 0.107 e. The predicted octanol–water partition coefficient (Wildman–Crippen LogP) is 2.82. The normalized spacial score (nSPS) is 14.3. The first kappa shape index (κ1) is 9.37. The molecule has 0 aromatic heterocycles. The van der Waals surface area contributed by atoms with Crippen LogP contribution in [0.15, 0.2) is 46.0 Å². The zero-order valence-electron chi connectivity index (χ0n) is 8.94. The van der Waals surface area contributed by atoms with E-state index in [9.17, 15) is 0 Å². The first-order chi connectivity index (χ1) is 8.33. The molecule has 2 aromatic rings. The molecule has 0 saturated heterocycles. The molecular weight excluding hydrogens is 274 g/mol. The summed E-state index contributed by atoms with van der Waals surface area (Å²) in [5.74, 6) is 0. The molecule has 2 heteroatoms. The van der Waals surface area contributed by atoms with Crippen molar-refractivity contribution in [2.24, 2.45) is 4.99 Å². The summed E-state index contributed by atoms with van der Waals surface area (Å²) in [4.78, 5) is 4.55. The van der Waals surface area contributed by atoms with Crippen molar-refractivity contribution < 1.29 is 0 Å². The maximum atomic E-state index is 4.55. The van der Waals surface area contributed by atoms with E-state index < -0.39 is 0 Å². The highest BCUT2D eigenvalue weighted by Gasteiger charge is 2.15. The number of benzene rings is 2. The summed E-state index contributed by atoms with van der Waals surface area (Å²) >= 11 is 3.44. The lowest BCUT2D eigenvalue weighted by Crippen LogP contribution is -2.26. The molecule has 1 heterocycles. The Morgan fingerprint density at radius 2 is 1.71 bits per heavy atom. The lowest BCUT2D eigenvalue weighted by Gasteiger charge is -2.00. The van der Waals surface area contributed by atoms with Gasteiger partial charge in [0.15, 0.2) is 0 Å². The molecule has 0 unspecified atom stereocenters. The molecule has 2 aliphatic rings. The van der Waals surface area contributed by atoms with Crippen LogP contribution in [0.4, 0.5) is 0 Å². The topological polar surface area (TPSA) is 12.4 Å². The summed E-state index contributed by atoms with van der Waals surface area (Å²) < 4.78 is 0.908. The Morgan fingerprint density at radius 1 is 0.824 bits per heavy atom. The SMILES string of the molecule is BrC1=Cc2ccc3c(c2=N1)=Cc1ccccc1-3. The molecule has 80 valence electrons. The van der Waals surface area contributed by atoms with Crippen LogP contribution in [0.25, 0.3) is 23.3 Å². The van der Waals surface area contributed by atoms with Gasteiger partial charge >= 0.3 is 0 Å². The first-order valence-corrected chi connectivity index (χ1v) is 6.32. The molecule has 2 aromatic carbocycles. The van der Waals surface area contributed by atoms with Gasteiger partial charge in [-0.25, -0.2) is 4.99 Å². The quantitative estimate of drug-likeness (QED) is 0.562. The maximum absolute atomic E-state index is 4.55. The van der Waals surface area contributed by atoms with E-state index in [-0.39, 0.29) is 0 Å². The van der Waals surface area contributed by atoms with E-state index in [1.807, 2.05) is 0 Å². The van der Waals surface area contributed by atoms with Crippen LogP contribution < -0.4 is 10.6 Å². The summed E-state index contributed by atoms with van der Waals surface area (Å²) in [6, 6.07) is 12.8. The number of hydrogen-bond acceptors (Lipinski definition) is 1. The molecule has 17 heavy (non-hydrogen) atoms. The van der Waals surface area contributed by atoms with Crippen molar-refractivity contribution in [1.29, 1.82) is 0 Å². The van der Waals surface area contributed by atoms with Gasteiger partial charge in [0.25, 0.3) is 0 Å². The van der Waals surface area contributed by atoms with Crippen LogP contribution in [-0.4, -0.2) is 0 Å². The van der Waals surface area contributed by atoms with Gasteiger partial charge in [-0.05, 0) is 44.8 Å². The van der Waals surface area contributed by atoms with Gasteiger partial charge in [-0.1, -0.05) is 36.4 Å². The zero-order valence-corrected chi connectivity index (χ0v) is 10.5.